The lowest BCUT2D eigenvalue weighted by Crippen LogP contribution is -2.36. The molecule has 1 aliphatic heterocycles. The lowest BCUT2D eigenvalue weighted by atomic mass is 9.96. The van der Waals surface area contributed by atoms with Gasteiger partial charge in [-0.05, 0) is 31.0 Å². The van der Waals surface area contributed by atoms with E-state index in [9.17, 15) is 4.79 Å². The zero-order valence-electron chi connectivity index (χ0n) is 9.40. The summed E-state index contributed by atoms with van der Waals surface area (Å²) in [4.78, 5) is 13.0. The lowest BCUT2D eigenvalue weighted by Gasteiger charge is -2.32. The number of rotatable bonds is 2. The van der Waals surface area contributed by atoms with Crippen molar-refractivity contribution >= 4 is 28.9 Å². The average molecular weight is 255 g/mol. The van der Waals surface area contributed by atoms with E-state index in [2.05, 4.69) is 4.90 Å². The number of carboxylic acid groups (broad SMARTS) is 1. The molecule has 1 aromatic carbocycles. The molecule has 1 aliphatic rings. The molecule has 0 amide bonds. The van der Waals surface area contributed by atoms with E-state index in [4.69, 9.17) is 22.4 Å². The maximum atomic E-state index is 10.9. The SMILES string of the molecule is Nc1ccc(Cl)cc1N1CCC(C(=O)O)CC1. The molecule has 0 aliphatic carbocycles. The number of hydrogen-bond donors (Lipinski definition) is 2. The predicted octanol–water partition coefficient (Wildman–Crippen LogP) is 2.22. The smallest absolute Gasteiger partial charge is 0.306 e. The summed E-state index contributed by atoms with van der Waals surface area (Å²) in [5, 5.41) is 9.58. The quantitative estimate of drug-likeness (QED) is 0.795. The minimum atomic E-state index is -0.705. The topological polar surface area (TPSA) is 66.6 Å². The van der Waals surface area contributed by atoms with E-state index in [1.807, 2.05) is 6.07 Å². The number of benzene rings is 1. The number of aliphatic carboxylic acids is 1. The van der Waals surface area contributed by atoms with Gasteiger partial charge >= 0.3 is 5.97 Å². The second-order valence-corrected chi connectivity index (χ2v) is 4.74. The van der Waals surface area contributed by atoms with Crippen LogP contribution in [0.2, 0.25) is 5.02 Å². The maximum Gasteiger partial charge on any atom is 0.306 e. The molecule has 0 bridgehead atoms. The van der Waals surface area contributed by atoms with Gasteiger partial charge in [0.2, 0.25) is 0 Å². The Labute approximate surface area is 105 Å². The minimum Gasteiger partial charge on any atom is -0.481 e. The van der Waals surface area contributed by atoms with E-state index in [1.54, 1.807) is 12.1 Å². The largest absolute Gasteiger partial charge is 0.481 e. The van der Waals surface area contributed by atoms with Crippen LogP contribution < -0.4 is 10.6 Å². The number of carbonyl (C=O) groups is 1. The average Bonchev–Trinajstić information content (AvgIpc) is 2.32. The normalized spacial score (nSPS) is 17.1. The van der Waals surface area contributed by atoms with Crippen LogP contribution in [0.4, 0.5) is 11.4 Å². The van der Waals surface area contributed by atoms with E-state index in [-0.39, 0.29) is 5.92 Å². The van der Waals surface area contributed by atoms with Crippen molar-refractivity contribution in [2.45, 2.75) is 12.8 Å². The van der Waals surface area contributed by atoms with Crippen molar-refractivity contribution in [3.63, 3.8) is 0 Å². The number of nitrogens with zero attached hydrogens (tertiary/aromatic N) is 1. The molecule has 92 valence electrons. The molecule has 1 heterocycles. The third-order valence-electron chi connectivity index (χ3n) is 3.18. The van der Waals surface area contributed by atoms with Gasteiger partial charge in [0, 0.05) is 18.1 Å². The van der Waals surface area contributed by atoms with E-state index >= 15 is 0 Å². The summed E-state index contributed by atoms with van der Waals surface area (Å²) in [6.45, 7) is 1.42. The molecule has 3 N–H and O–H groups in total. The zero-order valence-corrected chi connectivity index (χ0v) is 10.2. The van der Waals surface area contributed by atoms with E-state index in [0.717, 1.165) is 5.69 Å². The first-order valence-electron chi connectivity index (χ1n) is 5.60. The Morgan fingerprint density at radius 3 is 2.65 bits per heavy atom. The highest BCUT2D eigenvalue weighted by molar-refractivity contribution is 6.31. The highest BCUT2D eigenvalue weighted by Gasteiger charge is 2.25. The second kappa shape index (κ2) is 4.84. The summed E-state index contributed by atoms with van der Waals surface area (Å²) in [5.74, 6) is -0.935. The summed E-state index contributed by atoms with van der Waals surface area (Å²) in [6, 6.07) is 5.36. The van der Waals surface area contributed by atoms with Gasteiger partial charge in [-0.2, -0.15) is 0 Å². The van der Waals surface area contributed by atoms with Crippen molar-refractivity contribution in [3.8, 4) is 0 Å². The van der Waals surface area contributed by atoms with Gasteiger partial charge in [0.15, 0.2) is 0 Å². The highest BCUT2D eigenvalue weighted by atomic mass is 35.5. The van der Waals surface area contributed by atoms with Gasteiger partial charge in [-0.15, -0.1) is 0 Å². The van der Waals surface area contributed by atoms with Crippen LogP contribution in [-0.4, -0.2) is 24.2 Å². The lowest BCUT2D eigenvalue weighted by molar-refractivity contribution is -0.142. The molecule has 0 spiro atoms. The third-order valence-corrected chi connectivity index (χ3v) is 3.41. The number of anilines is 2. The number of nitrogen functional groups attached to an aromatic ring is 1. The third kappa shape index (κ3) is 2.64. The Morgan fingerprint density at radius 2 is 2.06 bits per heavy atom. The maximum absolute atomic E-state index is 10.9. The predicted molar refractivity (Wildman–Crippen MR) is 68.4 cm³/mol. The van der Waals surface area contributed by atoms with Crippen molar-refractivity contribution in [1.29, 1.82) is 0 Å². The van der Waals surface area contributed by atoms with Crippen molar-refractivity contribution in [2.75, 3.05) is 23.7 Å². The summed E-state index contributed by atoms with van der Waals surface area (Å²) >= 11 is 5.94. The van der Waals surface area contributed by atoms with Gasteiger partial charge in [0.25, 0.3) is 0 Å². The van der Waals surface area contributed by atoms with Gasteiger partial charge in [0.1, 0.15) is 0 Å². The number of piperidine rings is 1. The monoisotopic (exact) mass is 254 g/mol. The Kier molecular flexibility index (Phi) is 3.43. The molecule has 17 heavy (non-hydrogen) atoms. The number of carboxylic acids is 1. The molecule has 1 fully saturated rings. The van der Waals surface area contributed by atoms with Gasteiger partial charge in [-0.1, -0.05) is 11.6 Å². The van der Waals surface area contributed by atoms with Crippen molar-refractivity contribution < 1.29 is 9.90 Å². The van der Waals surface area contributed by atoms with Crippen LogP contribution in [0.1, 0.15) is 12.8 Å². The Bertz CT molecular complexity index is 429. The van der Waals surface area contributed by atoms with Crippen LogP contribution in [0.15, 0.2) is 18.2 Å². The molecule has 0 radical (unpaired) electrons. The molecule has 1 aromatic rings. The van der Waals surface area contributed by atoms with Crippen molar-refractivity contribution in [2.24, 2.45) is 5.92 Å². The first-order chi connectivity index (χ1) is 8.08. The molecule has 1 saturated heterocycles. The number of nitrogens with two attached hydrogens (primary N) is 1. The number of hydrogen-bond acceptors (Lipinski definition) is 3. The Hall–Kier alpha value is -1.42. The van der Waals surface area contributed by atoms with E-state index in [1.165, 1.54) is 0 Å². The van der Waals surface area contributed by atoms with Crippen molar-refractivity contribution in [1.82, 2.24) is 0 Å². The molecule has 0 aromatic heterocycles. The molecule has 0 saturated carbocycles. The molecular formula is C12H15ClN2O2. The van der Waals surface area contributed by atoms with Crippen LogP contribution >= 0.6 is 11.6 Å². The summed E-state index contributed by atoms with van der Waals surface area (Å²) in [6.07, 6.45) is 1.31. The fourth-order valence-corrected chi connectivity index (χ4v) is 2.32. The van der Waals surface area contributed by atoms with Crippen LogP contribution in [0.25, 0.3) is 0 Å². The Morgan fingerprint density at radius 1 is 1.41 bits per heavy atom. The zero-order chi connectivity index (χ0) is 12.4. The summed E-state index contributed by atoms with van der Waals surface area (Å²) in [7, 11) is 0. The molecule has 4 nitrogen and oxygen atoms in total. The highest BCUT2D eigenvalue weighted by Crippen LogP contribution is 2.30. The van der Waals surface area contributed by atoms with Crippen LogP contribution in [0, 0.1) is 5.92 Å². The van der Waals surface area contributed by atoms with E-state index in [0.29, 0.717) is 36.6 Å². The fourth-order valence-electron chi connectivity index (χ4n) is 2.16. The van der Waals surface area contributed by atoms with Crippen molar-refractivity contribution in [3.05, 3.63) is 23.2 Å². The van der Waals surface area contributed by atoms with Gasteiger partial charge in [0.05, 0.1) is 17.3 Å². The molecule has 2 rings (SSSR count). The van der Waals surface area contributed by atoms with Gasteiger partial charge in [-0.3, -0.25) is 4.79 Å². The molecule has 0 atom stereocenters. The first-order valence-corrected chi connectivity index (χ1v) is 5.98. The molecule has 0 unspecified atom stereocenters. The minimum absolute atomic E-state index is 0.230. The van der Waals surface area contributed by atoms with Crippen LogP contribution in [0.5, 0.6) is 0 Å². The first kappa shape index (κ1) is 12.0. The van der Waals surface area contributed by atoms with Gasteiger partial charge < -0.3 is 15.7 Å². The van der Waals surface area contributed by atoms with E-state index < -0.39 is 5.97 Å². The summed E-state index contributed by atoms with van der Waals surface area (Å²) < 4.78 is 0. The fraction of sp³-hybridized carbons (Fsp3) is 0.417. The van der Waals surface area contributed by atoms with Gasteiger partial charge in [-0.25, -0.2) is 0 Å². The molecular weight excluding hydrogens is 240 g/mol. The Balaban J connectivity index is 2.10. The molecule has 5 heteroatoms. The summed E-state index contributed by atoms with van der Waals surface area (Å²) in [5.41, 5.74) is 7.49. The standard InChI is InChI=1S/C12H15ClN2O2/c13-9-1-2-10(14)11(7-9)15-5-3-8(4-6-15)12(16)17/h1-2,7-8H,3-6,14H2,(H,16,17). The van der Waals surface area contributed by atoms with Crippen LogP contribution in [0.3, 0.4) is 0 Å². The second-order valence-electron chi connectivity index (χ2n) is 4.30. The number of halogens is 1. The van der Waals surface area contributed by atoms with Crippen LogP contribution in [-0.2, 0) is 4.79 Å².